The highest BCUT2D eigenvalue weighted by molar-refractivity contribution is 5.62. The number of ether oxygens (including phenoxy) is 2. The standard InChI is InChI=1S/C19H20F3NO6/c1-4-9-23-10(2)15(28-17(24)25)14(16(11(23)3)29-18(26)27)12-5-7-13(8-6-12)19(20,21)22/h5-8,14H,4,9H2,1-3H3,(H,24,25)(H,26,27). The van der Waals surface area contributed by atoms with E-state index in [-0.39, 0.29) is 17.1 Å². The van der Waals surface area contributed by atoms with Gasteiger partial charge >= 0.3 is 18.5 Å². The fraction of sp³-hybridized carbons (Fsp3) is 0.368. The normalized spacial score (nSPS) is 15.6. The highest BCUT2D eigenvalue weighted by Crippen LogP contribution is 2.43. The third-order valence-electron chi connectivity index (χ3n) is 4.46. The number of alkyl halides is 3. The molecule has 0 spiro atoms. The third-order valence-corrected chi connectivity index (χ3v) is 4.46. The van der Waals surface area contributed by atoms with Crippen molar-refractivity contribution in [1.29, 1.82) is 0 Å². The van der Waals surface area contributed by atoms with Crippen molar-refractivity contribution in [2.45, 2.75) is 39.3 Å². The fourth-order valence-corrected chi connectivity index (χ4v) is 3.23. The average Bonchev–Trinajstić information content (AvgIpc) is 2.61. The number of benzene rings is 1. The number of allylic oxidation sites excluding steroid dienone is 2. The second-order valence-electron chi connectivity index (χ2n) is 6.34. The van der Waals surface area contributed by atoms with Crippen LogP contribution in [0.1, 0.15) is 44.2 Å². The summed E-state index contributed by atoms with van der Waals surface area (Å²) in [6.45, 7) is 5.48. The van der Waals surface area contributed by atoms with Gasteiger partial charge in [-0.3, -0.25) is 0 Å². The predicted octanol–water partition coefficient (Wildman–Crippen LogP) is 5.37. The molecule has 10 heteroatoms. The summed E-state index contributed by atoms with van der Waals surface area (Å²) in [5, 5.41) is 18.3. The highest BCUT2D eigenvalue weighted by Gasteiger charge is 2.38. The molecule has 1 aliphatic heterocycles. The van der Waals surface area contributed by atoms with Gasteiger partial charge in [0.15, 0.2) is 0 Å². The number of carboxylic acid groups (broad SMARTS) is 2. The quantitative estimate of drug-likeness (QED) is 0.625. The lowest BCUT2D eigenvalue weighted by molar-refractivity contribution is -0.137. The van der Waals surface area contributed by atoms with Crippen LogP contribution in [0.5, 0.6) is 0 Å². The minimum atomic E-state index is -4.55. The van der Waals surface area contributed by atoms with E-state index in [0.717, 1.165) is 24.3 Å². The second-order valence-corrected chi connectivity index (χ2v) is 6.34. The molecule has 0 aliphatic carbocycles. The first kappa shape index (κ1) is 22.1. The molecule has 0 amide bonds. The molecule has 0 radical (unpaired) electrons. The van der Waals surface area contributed by atoms with E-state index in [1.165, 1.54) is 0 Å². The van der Waals surface area contributed by atoms with Gasteiger partial charge in [0.25, 0.3) is 0 Å². The fourth-order valence-electron chi connectivity index (χ4n) is 3.23. The summed E-state index contributed by atoms with van der Waals surface area (Å²) in [5.41, 5.74) is 0.0941. The maximum Gasteiger partial charge on any atom is 0.511 e. The van der Waals surface area contributed by atoms with Crippen LogP contribution in [0.3, 0.4) is 0 Å². The van der Waals surface area contributed by atoms with Gasteiger partial charge in [-0.1, -0.05) is 19.1 Å². The second kappa shape index (κ2) is 8.46. The van der Waals surface area contributed by atoms with Gasteiger partial charge in [-0.25, -0.2) is 9.59 Å². The largest absolute Gasteiger partial charge is 0.511 e. The first-order valence-corrected chi connectivity index (χ1v) is 8.65. The Bertz CT molecular complexity index is 818. The van der Waals surface area contributed by atoms with Crippen molar-refractivity contribution in [3.63, 3.8) is 0 Å². The van der Waals surface area contributed by atoms with Crippen molar-refractivity contribution in [3.8, 4) is 0 Å². The summed E-state index contributed by atoms with van der Waals surface area (Å²) >= 11 is 0. The molecule has 0 aromatic heterocycles. The monoisotopic (exact) mass is 415 g/mol. The molecule has 0 atom stereocenters. The van der Waals surface area contributed by atoms with E-state index in [2.05, 4.69) is 0 Å². The number of halogens is 3. The number of hydrogen-bond acceptors (Lipinski definition) is 5. The van der Waals surface area contributed by atoms with Gasteiger partial charge in [0, 0.05) is 6.54 Å². The smallest absolute Gasteiger partial charge is 0.449 e. The number of nitrogens with zero attached hydrogens (tertiary/aromatic N) is 1. The van der Waals surface area contributed by atoms with E-state index in [1.807, 2.05) is 6.92 Å². The summed E-state index contributed by atoms with van der Waals surface area (Å²) in [6, 6.07) is 3.93. The maximum absolute atomic E-state index is 12.9. The van der Waals surface area contributed by atoms with Crippen molar-refractivity contribution in [1.82, 2.24) is 4.90 Å². The summed E-state index contributed by atoms with van der Waals surface area (Å²) in [7, 11) is 0. The van der Waals surface area contributed by atoms with Gasteiger partial charge in [-0.05, 0) is 38.0 Å². The first-order chi connectivity index (χ1) is 13.5. The van der Waals surface area contributed by atoms with Crippen LogP contribution in [0.2, 0.25) is 0 Å². The Morgan fingerprint density at radius 3 is 1.79 bits per heavy atom. The van der Waals surface area contributed by atoms with Gasteiger partial charge < -0.3 is 24.6 Å². The van der Waals surface area contributed by atoms with Crippen LogP contribution in [-0.2, 0) is 15.7 Å². The first-order valence-electron chi connectivity index (χ1n) is 8.65. The lowest BCUT2D eigenvalue weighted by atomic mass is 9.89. The van der Waals surface area contributed by atoms with E-state index in [4.69, 9.17) is 19.7 Å². The Morgan fingerprint density at radius 1 is 1.00 bits per heavy atom. The Kier molecular flexibility index (Phi) is 6.45. The molecule has 158 valence electrons. The molecule has 1 aromatic carbocycles. The highest BCUT2D eigenvalue weighted by atomic mass is 19.4. The molecular weight excluding hydrogens is 395 g/mol. The molecule has 2 N–H and O–H groups in total. The molecule has 0 fully saturated rings. The van der Waals surface area contributed by atoms with Crippen molar-refractivity contribution >= 4 is 12.3 Å². The molecule has 0 bridgehead atoms. The zero-order valence-electron chi connectivity index (χ0n) is 15.9. The van der Waals surface area contributed by atoms with Crippen LogP contribution in [0, 0.1) is 0 Å². The molecule has 1 aromatic rings. The molecule has 0 saturated heterocycles. The minimum absolute atomic E-state index is 0.132. The average molecular weight is 415 g/mol. The van der Waals surface area contributed by atoms with E-state index < -0.39 is 30.0 Å². The lowest BCUT2D eigenvalue weighted by Gasteiger charge is -2.37. The van der Waals surface area contributed by atoms with Crippen molar-refractivity contribution in [2.75, 3.05) is 6.54 Å². The third kappa shape index (κ3) is 4.82. The van der Waals surface area contributed by atoms with Gasteiger partial charge in [0.2, 0.25) is 0 Å². The van der Waals surface area contributed by atoms with Crippen LogP contribution in [0.25, 0.3) is 0 Å². The predicted molar refractivity (Wildman–Crippen MR) is 94.8 cm³/mol. The van der Waals surface area contributed by atoms with E-state index >= 15 is 0 Å². The Balaban J connectivity index is 2.66. The zero-order valence-corrected chi connectivity index (χ0v) is 15.9. The molecule has 29 heavy (non-hydrogen) atoms. The lowest BCUT2D eigenvalue weighted by Crippen LogP contribution is -2.32. The number of hydrogen-bond donors (Lipinski definition) is 2. The van der Waals surface area contributed by atoms with Crippen molar-refractivity contribution < 1.29 is 42.4 Å². The summed E-state index contributed by atoms with van der Waals surface area (Å²) in [6.07, 6.45) is -7.18. The van der Waals surface area contributed by atoms with Crippen LogP contribution in [0.15, 0.2) is 47.2 Å². The topological polar surface area (TPSA) is 96.3 Å². The molecule has 2 rings (SSSR count). The molecule has 0 unspecified atom stereocenters. The van der Waals surface area contributed by atoms with Crippen LogP contribution >= 0.6 is 0 Å². The summed E-state index contributed by atoms with van der Waals surface area (Å²) < 4.78 is 48.5. The van der Waals surface area contributed by atoms with Crippen LogP contribution < -0.4 is 0 Å². The van der Waals surface area contributed by atoms with Crippen LogP contribution in [0.4, 0.5) is 22.8 Å². The van der Waals surface area contributed by atoms with E-state index in [1.54, 1.807) is 18.7 Å². The maximum atomic E-state index is 12.9. The molecule has 7 nitrogen and oxygen atoms in total. The number of rotatable bonds is 5. The molecular formula is C19H20F3NO6. The van der Waals surface area contributed by atoms with Crippen LogP contribution in [-0.4, -0.2) is 34.0 Å². The Labute approximate surface area is 164 Å². The Morgan fingerprint density at radius 2 is 1.45 bits per heavy atom. The van der Waals surface area contributed by atoms with Crippen molar-refractivity contribution in [2.24, 2.45) is 0 Å². The SMILES string of the molecule is CCCN1C(C)=C(OC(=O)O)C(c2ccc(C(F)(F)F)cc2)C(OC(=O)O)=C1C. The van der Waals surface area contributed by atoms with E-state index in [9.17, 15) is 22.8 Å². The Hall–Kier alpha value is -3.17. The van der Waals surface area contributed by atoms with Gasteiger partial charge in [-0.2, -0.15) is 13.2 Å². The minimum Gasteiger partial charge on any atom is -0.449 e. The zero-order chi connectivity index (χ0) is 21.9. The molecule has 1 heterocycles. The van der Waals surface area contributed by atoms with Crippen molar-refractivity contribution in [3.05, 3.63) is 58.3 Å². The molecule has 1 aliphatic rings. The van der Waals surface area contributed by atoms with Gasteiger partial charge in [0.1, 0.15) is 17.4 Å². The molecule has 0 saturated carbocycles. The van der Waals surface area contributed by atoms with Gasteiger partial charge in [-0.15, -0.1) is 0 Å². The summed E-state index contributed by atoms with van der Waals surface area (Å²) in [5.74, 6) is -1.40. The summed E-state index contributed by atoms with van der Waals surface area (Å²) in [4.78, 5) is 24.2. The number of carbonyl (C=O) groups is 2. The van der Waals surface area contributed by atoms with Gasteiger partial charge in [0.05, 0.1) is 17.0 Å². The van der Waals surface area contributed by atoms with E-state index in [0.29, 0.717) is 24.4 Å².